The van der Waals surface area contributed by atoms with Gasteiger partial charge in [-0.3, -0.25) is 0 Å². The van der Waals surface area contributed by atoms with Crippen molar-refractivity contribution < 1.29 is 0 Å². The van der Waals surface area contributed by atoms with E-state index in [0.717, 1.165) is 18.7 Å². The zero-order chi connectivity index (χ0) is 12.1. The molecule has 1 rings (SSSR count). The molecule has 0 saturated carbocycles. The van der Waals surface area contributed by atoms with Crippen LogP contribution in [0.5, 0.6) is 0 Å². The lowest BCUT2D eigenvalue weighted by atomic mass is 10.1. The van der Waals surface area contributed by atoms with Crippen molar-refractivity contribution >= 4 is 28.9 Å². The molecule has 1 unspecified atom stereocenters. The molecule has 0 aliphatic carbocycles. The van der Waals surface area contributed by atoms with E-state index in [0.29, 0.717) is 22.5 Å². The number of hydrogen-bond acceptors (Lipinski definition) is 2. The fourth-order valence-corrected chi connectivity index (χ4v) is 2.20. The average molecular weight is 261 g/mol. The molecule has 0 spiro atoms. The Morgan fingerprint density at radius 2 is 2.06 bits per heavy atom. The van der Waals surface area contributed by atoms with Gasteiger partial charge in [0.1, 0.15) is 0 Å². The zero-order valence-electron chi connectivity index (χ0n) is 9.71. The van der Waals surface area contributed by atoms with Crippen molar-refractivity contribution in [1.29, 1.82) is 0 Å². The Morgan fingerprint density at radius 3 is 2.56 bits per heavy atom. The minimum absolute atomic E-state index is 0.497. The average Bonchev–Trinajstić information content (AvgIpc) is 2.25. The van der Waals surface area contributed by atoms with Gasteiger partial charge in [-0.2, -0.15) is 0 Å². The molecule has 0 aliphatic heterocycles. The van der Waals surface area contributed by atoms with Gasteiger partial charge in [-0.05, 0) is 30.7 Å². The van der Waals surface area contributed by atoms with E-state index >= 15 is 0 Å². The van der Waals surface area contributed by atoms with Crippen LogP contribution in [0.3, 0.4) is 0 Å². The standard InChI is InChI=1S/C12H18Cl2N2/c1-3-9(7-15)8-16(2)12-5-4-10(13)6-11(12)14/h4-6,9H,3,7-8,15H2,1-2H3. The summed E-state index contributed by atoms with van der Waals surface area (Å²) in [5, 5.41) is 1.34. The van der Waals surface area contributed by atoms with E-state index in [1.807, 2.05) is 19.2 Å². The highest BCUT2D eigenvalue weighted by atomic mass is 35.5. The monoisotopic (exact) mass is 260 g/mol. The quantitative estimate of drug-likeness (QED) is 0.880. The number of anilines is 1. The SMILES string of the molecule is CCC(CN)CN(C)c1ccc(Cl)cc1Cl. The topological polar surface area (TPSA) is 29.3 Å². The second-order valence-electron chi connectivity index (χ2n) is 3.99. The van der Waals surface area contributed by atoms with Crippen molar-refractivity contribution in [3.8, 4) is 0 Å². The predicted octanol–water partition coefficient (Wildman–Crippen LogP) is 3.41. The summed E-state index contributed by atoms with van der Waals surface area (Å²) in [6.45, 7) is 3.76. The van der Waals surface area contributed by atoms with Crippen LogP contribution < -0.4 is 10.6 Å². The third-order valence-electron chi connectivity index (χ3n) is 2.76. The summed E-state index contributed by atoms with van der Waals surface area (Å²) < 4.78 is 0. The first-order valence-electron chi connectivity index (χ1n) is 5.44. The Labute approximate surface area is 107 Å². The van der Waals surface area contributed by atoms with Crippen LogP contribution >= 0.6 is 23.2 Å². The molecule has 90 valence electrons. The Balaban J connectivity index is 2.76. The lowest BCUT2D eigenvalue weighted by Gasteiger charge is -2.25. The largest absolute Gasteiger partial charge is 0.373 e. The molecular weight excluding hydrogens is 243 g/mol. The summed E-state index contributed by atoms with van der Waals surface area (Å²) in [6.07, 6.45) is 1.08. The molecule has 2 N–H and O–H groups in total. The molecule has 1 aromatic rings. The molecule has 0 heterocycles. The van der Waals surface area contributed by atoms with E-state index in [4.69, 9.17) is 28.9 Å². The highest BCUT2D eigenvalue weighted by molar-refractivity contribution is 6.36. The zero-order valence-corrected chi connectivity index (χ0v) is 11.2. The van der Waals surface area contributed by atoms with Crippen molar-refractivity contribution in [3.63, 3.8) is 0 Å². The molecular formula is C12H18Cl2N2. The van der Waals surface area contributed by atoms with Gasteiger partial charge in [-0.25, -0.2) is 0 Å². The maximum Gasteiger partial charge on any atom is 0.0654 e. The molecule has 0 fully saturated rings. The maximum absolute atomic E-state index is 6.14. The van der Waals surface area contributed by atoms with E-state index in [2.05, 4.69) is 11.8 Å². The molecule has 16 heavy (non-hydrogen) atoms. The van der Waals surface area contributed by atoms with Crippen molar-refractivity contribution in [1.82, 2.24) is 0 Å². The molecule has 0 aromatic heterocycles. The van der Waals surface area contributed by atoms with Gasteiger partial charge in [-0.15, -0.1) is 0 Å². The van der Waals surface area contributed by atoms with Crippen molar-refractivity contribution in [3.05, 3.63) is 28.2 Å². The van der Waals surface area contributed by atoms with Crippen LogP contribution in [0.2, 0.25) is 10.0 Å². The van der Waals surface area contributed by atoms with Gasteiger partial charge in [0.05, 0.1) is 10.7 Å². The Morgan fingerprint density at radius 1 is 1.38 bits per heavy atom. The lowest BCUT2D eigenvalue weighted by Crippen LogP contribution is -2.29. The minimum atomic E-state index is 0.497. The fourth-order valence-electron chi connectivity index (χ4n) is 1.65. The van der Waals surface area contributed by atoms with E-state index in [-0.39, 0.29) is 0 Å². The fraction of sp³-hybridized carbons (Fsp3) is 0.500. The first-order chi connectivity index (χ1) is 7.58. The number of rotatable bonds is 5. The third-order valence-corrected chi connectivity index (χ3v) is 3.30. The van der Waals surface area contributed by atoms with E-state index < -0.39 is 0 Å². The molecule has 0 radical (unpaired) electrons. The molecule has 0 bridgehead atoms. The highest BCUT2D eigenvalue weighted by Crippen LogP contribution is 2.28. The summed E-state index contributed by atoms with van der Waals surface area (Å²) in [5.74, 6) is 0.497. The Hall–Kier alpha value is -0.440. The van der Waals surface area contributed by atoms with Crippen LogP contribution in [0.15, 0.2) is 18.2 Å². The van der Waals surface area contributed by atoms with Gasteiger partial charge in [0.2, 0.25) is 0 Å². The molecule has 2 nitrogen and oxygen atoms in total. The van der Waals surface area contributed by atoms with E-state index in [1.165, 1.54) is 0 Å². The van der Waals surface area contributed by atoms with Crippen LogP contribution in [0.25, 0.3) is 0 Å². The molecule has 0 aliphatic rings. The molecule has 1 atom stereocenters. The van der Waals surface area contributed by atoms with E-state index in [1.54, 1.807) is 6.07 Å². The second kappa shape index (κ2) is 6.33. The van der Waals surface area contributed by atoms with Crippen molar-refractivity contribution in [2.75, 3.05) is 25.0 Å². The van der Waals surface area contributed by atoms with Crippen LogP contribution in [-0.2, 0) is 0 Å². The maximum atomic E-state index is 6.14. The first kappa shape index (κ1) is 13.6. The summed E-state index contributed by atoms with van der Waals surface area (Å²) >= 11 is 12.0. The lowest BCUT2D eigenvalue weighted by molar-refractivity contribution is 0.521. The number of nitrogens with two attached hydrogens (primary N) is 1. The summed E-state index contributed by atoms with van der Waals surface area (Å²) in [5.41, 5.74) is 6.69. The van der Waals surface area contributed by atoms with Crippen molar-refractivity contribution in [2.24, 2.45) is 11.7 Å². The second-order valence-corrected chi connectivity index (χ2v) is 4.83. The van der Waals surface area contributed by atoms with E-state index in [9.17, 15) is 0 Å². The number of benzene rings is 1. The van der Waals surface area contributed by atoms with Gasteiger partial charge < -0.3 is 10.6 Å². The summed E-state index contributed by atoms with van der Waals surface area (Å²) in [4.78, 5) is 2.12. The Bertz CT molecular complexity index is 338. The highest BCUT2D eigenvalue weighted by Gasteiger charge is 2.11. The number of hydrogen-bond donors (Lipinski definition) is 1. The molecule has 0 amide bonds. The van der Waals surface area contributed by atoms with Gasteiger partial charge in [0.25, 0.3) is 0 Å². The normalized spacial score (nSPS) is 12.6. The van der Waals surface area contributed by atoms with Crippen LogP contribution in [0.4, 0.5) is 5.69 Å². The van der Waals surface area contributed by atoms with Gasteiger partial charge in [0.15, 0.2) is 0 Å². The first-order valence-corrected chi connectivity index (χ1v) is 6.20. The molecule has 0 saturated heterocycles. The van der Waals surface area contributed by atoms with Gasteiger partial charge in [-0.1, -0.05) is 36.5 Å². The predicted molar refractivity (Wildman–Crippen MR) is 72.6 cm³/mol. The van der Waals surface area contributed by atoms with Crippen LogP contribution in [0.1, 0.15) is 13.3 Å². The van der Waals surface area contributed by atoms with Crippen LogP contribution in [0, 0.1) is 5.92 Å². The number of nitrogens with zero attached hydrogens (tertiary/aromatic N) is 1. The smallest absolute Gasteiger partial charge is 0.0654 e. The molecule has 4 heteroatoms. The van der Waals surface area contributed by atoms with Gasteiger partial charge in [0, 0.05) is 18.6 Å². The number of halogens is 2. The third kappa shape index (κ3) is 3.55. The van der Waals surface area contributed by atoms with Gasteiger partial charge >= 0.3 is 0 Å². The minimum Gasteiger partial charge on any atom is -0.373 e. The van der Waals surface area contributed by atoms with Crippen LogP contribution in [-0.4, -0.2) is 20.1 Å². The van der Waals surface area contributed by atoms with Crippen molar-refractivity contribution in [2.45, 2.75) is 13.3 Å². The summed E-state index contributed by atoms with van der Waals surface area (Å²) in [6, 6.07) is 5.55. The molecule has 1 aromatic carbocycles. The summed E-state index contributed by atoms with van der Waals surface area (Å²) in [7, 11) is 2.02. The Kier molecular flexibility index (Phi) is 5.39.